The van der Waals surface area contributed by atoms with Gasteiger partial charge in [-0.15, -0.1) is 0 Å². The molecule has 2 saturated heterocycles. The van der Waals surface area contributed by atoms with Gasteiger partial charge in [0.05, 0.1) is 6.04 Å². The number of benzene rings is 1. The first-order chi connectivity index (χ1) is 12.2. The number of hydrogen-bond acceptors (Lipinski definition) is 3. The van der Waals surface area contributed by atoms with Crippen LogP contribution in [0.25, 0.3) is 0 Å². The van der Waals surface area contributed by atoms with Crippen molar-refractivity contribution >= 4 is 11.8 Å². The maximum Gasteiger partial charge on any atom is 0.252 e. The van der Waals surface area contributed by atoms with Crippen LogP contribution >= 0.6 is 0 Å². The number of amides is 2. The number of nitrogens with zero attached hydrogens (tertiary/aromatic N) is 1. The lowest BCUT2D eigenvalue weighted by Gasteiger charge is -2.36. The van der Waals surface area contributed by atoms with Crippen LogP contribution in [0.2, 0.25) is 0 Å². The first-order valence-electron chi connectivity index (χ1n) is 9.54. The number of piperidine rings is 1. The maximum atomic E-state index is 12.9. The molecular weight excluding hydrogens is 316 g/mol. The minimum atomic E-state index is -0.349. The Hall–Kier alpha value is -1.88. The smallest absolute Gasteiger partial charge is 0.252 e. The molecule has 2 heterocycles. The largest absolute Gasteiger partial charge is 0.368 e. The number of carbonyl (C=O) groups excluding carboxylic acids is 2. The summed E-state index contributed by atoms with van der Waals surface area (Å²) >= 11 is 0. The lowest BCUT2D eigenvalue weighted by molar-refractivity contribution is -0.149. The second-order valence-corrected chi connectivity index (χ2v) is 7.34. The number of rotatable bonds is 3. The fourth-order valence-electron chi connectivity index (χ4n) is 4.40. The van der Waals surface area contributed by atoms with Crippen LogP contribution in [-0.4, -0.2) is 42.0 Å². The van der Waals surface area contributed by atoms with Crippen molar-refractivity contribution in [3.05, 3.63) is 35.4 Å². The predicted molar refractivity (Wildman–Crippen MR) is 94.0 cm³/mol. The van der Waals surface area contributed by atoms with Crippen LogP contribution in [0.1, 0.15) is 55.7 Å². The zero-order valence-electron chi connectivity index (χ0n) is 14.6. The number of carbonyl (C=O) groups is 2. The number of likely N-dealkylation sites (tertiary alicyclic amines) is 1. The molecule has 0 radical (unpaired) electrons. The topological polar surface area (TPSA) is 58.6 Å². The van der Waals surface area contributed by atoms with Crippen LogP contribution in [0.15, 0.2) is 24.3 Å². The number of aryl methyl sites for hydroxylation is 1. The third-order valence-corrected chi connectivity index (χ3v) is 5.74. The highest BCUT2D eigenvalue weighted by Gasteiger charge is 2.38. The number of nitrogens with one attached hydrogen (secondary N) is 1. The van der Waals surface area contributed by atoms with E-state index in [0.29, 0.717) is 13.2 Å². The molecule has 3 aliphatic rings. The molecule has 0 unspecified atom stereocenters. The van der Waals surface area contributed by atoms with E-state index in [9.17, 15) is 9.59 Å². The standard InChI is InChI=1S/C20H26N2O3/c23-19(21-16-11-10-14-6-1-2-7-15(14)16)17-8-3-4-12-22(17)20(24)18-9-5-13-25-18/h1-2,6-7,16-18H,3-5,8-13H2,(H,21,23)/t16-,17+,18-/m1/s1. The van der Waals surface area contributed by atoms with Crippen molar-refractivity contribution < 1.29 is 14.3 Å². The fourth-order valence-corrected chi connectivity index (χ4v) is 4.40. The summed E-state index contributed by atoms with van der Waals surface area (Å²) in [5.41, 5.74) is 2.55. The van der Waals surface area contributed by atoms with Crippen LogP contribution in [0.5, 0.6) is 0 Å². The van der Waals surface area contributed by atoms with E-state index in [1.54, 1.807) is 4.90 Å². The second-order valence-electron chi connectivity index (χ2n) is 7.34. The van der Waals surface area contributed by atoms with Gasteiger partial charge in [-0.05, 0) is 56.1 Å². The lowest BCUT2D eigenvalue weighted by atomic mass is 9.99. The van der Waals surface area contributed by atoms with Crippen LogP contribution in [0.4, 0.5) is 0 Å². The Balaban J connectivity index is 1.45. The average Bonchev–Trinajstić information content (AvgIpc) is 3.32. The fraction of sp³-hybridized carbons (Fsp3) is 0.600. The summed E-state index contributed by atoms with van der Waals surface area (Å²) in [4.78, 5) is 27.5. The number of fused-ring (bicyclic) bond motifs is 1. The Morgan fingerprint density at radius 1 is 1.08 bits per heavy atom. The minimum Gasteiger partial charge on any atom is -0.368 e. The Labute approximate surface area is 148 Å². The zero-order valence-corrected chi connectivity index (χ0v) is 14.6. The molecule has 2 amide bonds. The molecule has 1 aliphatic carbocycles. The second kappa shape index (κ2) is 7.16. The third kappa shape index (κ3) is 3.30. The molecule has 1 aromatic carbocycles. The van der Waals surface area contributed by atoms with Gasteiger partial charge >= 0.3 is 0 Å². The molecule has 5 nitrogen and oxygen atoms in total. The van der Waals surface area contributed by atoms with E-state index < -0.39 is 0 Å². The summed E-state index contributed by atoms with van der Waals surface area (Å²) in [6.07, 6.45) is 6.02. The monoisotopic (exact) mass is 342 g/mol. The molecule has 4 rings (SSSR count). The summed E-state index contributed by atoms with van der Waals surface area (Å²) in [6.45, 7) is 1.32. The SMILES string of the molecule is O=C(N[C@@H]1CCc2ccccc21)[C@@H]1CCCCN1C(=O)[C@H]1CCCO1. The van der Waals surface area contributed by atoms with Gasteiger partial charge in [0.1, 0.15) is 12.1 Å². The zero-order chi connectivity index (χ0) is 17.2. The van der Waals surface area contributed by atoms with Gasteiger partial charge in [-0.25, -0.2) is 0 Å². The molecular formula is C20H26N2O3. The molecule has 2 fully saturated rings. The third-order valence-electron chi connectivity index (χ3n) is 5.74. The normalized spacial score (nSPS) is 28.6. The molecule has 134 valence electrons. The van der Waals surface area contributed by atoms with Crippen LogP contribution in [0.3, 0.4) is 0 Å². The first-order valence-corrected chi connectivity index (χ1v) is 9.54. The minimum absolute atomic E-state index is 0.00386. The Morgan fingerprint density at radius 2 is 1.96 bits per heavy atom. The van der Waals surface area contributed by atoms with Gasteiger partial charge < -0.3 is 15.0 Å². The molecule has 0 bridgehead atoms. The summed E-state index contributed by atoms with van der Waals surface area (Å²) in [5.74, 6) is -0.00285. The van der Waals surface area contributed by atoms with E-state index in [4.69, 9.17) is 4.74 Å². The molecule has 3 atom stereocenters. The first kappa shape index (κ1) is 16.6. The van der Waals surface area contributed by atoms with E-state index in [2.05, 4.69) is 17.4 Å². The van der Waals surface area contributed by atoms with Crippen molar-refractivity contribution in [1.29, 1.82) is 0 Å². The number of ether oxygens (including phenoxy) is 1. The highest BCUT2D eigenvalue weighted by molar-refractivity contribution is 5.90. The predicted octanol–water partition coefficient (Wildman–Crippen LogP) is 2.35. The molecule has 1 N–H and O–H groups in total. The summed E-state index contributed by atoms with van der Waals surface area (Å²) in [7, 11) is 0. The van der Waals surface area contributed by atoms with Crippen molar-refractivity contribution in [2.75, 3.05) is 13.2 Å². The molecule has 0 saturated carbocycles. The van der Waals surface area contributed by atoms with Crippen LogP contribution in [0, 0.1) is 0 Å². The van der Waals surface area contributed by atoms with Gasteiger partial charge in [-0.1, -0.05) is 24.3 Å². The Kier molecular flexibility index (Phi) is 4.75. The van der Waals surface area contributed by atoms with Crippen molar-refractivity contribution in [2.45, 2.75) is 63.1 Å². The van der Waals surface area contributed by atoms with Gasteiger partial charge in [0.25, 0.3) is 5.91 Å². The van der Waals surface area contributed by atoms with Gasteiger partial charge in [-0.3, -0.25) is 9.59 Å². The van der Waals surface area contributed by atoms with Crippen LogP contribution in [-0.2, 0) is 20.7 Å². The quantitative estimate of drug-likeness (QED) is 0.917. The highest BCUT2D eigenvalue weighted by Crippen LogP contribution is 2.31. The molecule has 0 spiro atoms. The number of hydrogen-bond donors (Lipinski definition) is 1. The van der Waals surface area contributed by atoms with Crippen LogP contribution < -0.4 is 5.32 Å². The molecule has 1 aromatic rings. The molecule has 2 aliphatic heterocycles. The Morgan fingerprint density at radius 3 is 2.80 bits per heavy atom. The maximum absolute atomic E-state index is 12.9. The van der Waals surface area contributed by atoms with Crippen molar-refractivity contribution in [1.82, 2.24) is 10.2 Å². The lowest BCUT2D eigenvalue weighted by Crippen LogP contribution is -2.54. The van der Waals surface area contributed by atoms with Crippen molar-refractivity contribution in [2.24, 2.45) is 0 Å². The van der Waals surface area contributed by atoms with Gasteiger partial charge in [0.2, 0.25) is 5.91 Å². The summed E-state index contributed by atoms with van der Waals surface area (Å²) < 4.78 is 5.55. The highest BCUT2D eigenvalue weighted by atomic mass is 16.5. The molecule has 0 aromatic heterocycles. The summed E-state index contributed by atoms with van der Waals surface area (Å²) in [5, 5.41) is 3.21. The van der Waals surface area contributed by atoms with Crippen molar-refractivity contribution in [3.8, 4) is 0 Å². The van der Waals surface area contributed by atoms with Gasteiger partial charge in [0, 0.05) is 13.2 Å². The molecule has 25 heavy (non-hydrogen) atoms. The average molecular weight is 342 g/mol. The van der Waals surface area contributed by atoms with E-state index in [0.717, 1.165) is 44.9 Å². The summed E-state index contributed by atoms with van der Waals surface area (Å²) in [6, 6.07) is 8.03. The van der Waals surface area contributed by atoms with E-state index in [-0.39, 0.29) is 30.0 Å². The van der Waals surface area contributed by atoms with E-state index in [1.165, 1.54) is 11.1 Å². The molecule has 5 heteroatoms. The van der Waals surface area contributed by atoms with Crippen molar-refractivity contribution in [3.63, 3.8) is 0 Å². The Bertz CT molecular complexity index is 654. The van der Waals surface area contributed by atoms with Gasteiger partial charge in [-0.2, -0.15) is 0 Å². The van der Waals surface area contributed by atoms with E-state index >= 15 is 0 Å². The van der Waals surface area contributed by atoms with E-state index in [1.807, 2.05) is 12.1 Å². The van der Waals surface area contributed by atoms with Gasteiger partial charge in [0.15, 0.2) is 0 Å².